The summed E-state index contributed by atoms with van der Waals surface area (Å²) in [6, 6.07) is 14.9. The second-order valence-corrected chi connectivity index (χ2v) is 6.28. The molecule has 0 N–H and O–H groups in total. The third-order valence-electron chi connectivity index (χ3n) is 2.99. The molecule has 3 nitrogen and oxygen atoms in total. The maximum atomic E-state index is 12.4. The highest BCUT2D eigenvalue weighted by Gasteiger charge is 2.14. The van der Waals surface area contributed by atoms with Crippen molar-refractivity contribution < 1.29 is 4.79 Å². The molecule has 0 aliphatic rings. The second kappa shape index (κ2) is 5.34. The van der Waals surface area contributed by atoms with Crippen LogP contribution in [-0.2, 0) is 6.42 Å². The second-order valence-electron chi connectivity index (χ2n) is 4.37. The number of carbonyl (C=O) groups is 1. The summed E-state index contributed by atoms with van der Waals surface area (Å²) in [7, 11) is 0. The molecule has 0 saturated carbocycles. The van der Waals surface area contributed by atoms with E-state index in [0.717, 1.165) is 26.1 Å². The molecule has 2 aromatic carbocycles. The van der Waals surface area contributed by atoms with Crippen LogP contribution in [0.1, 0.15) is 10.4 Å². The molecule has 0 bridgehead atoms. The van der Waals surface area contributed by atoms with Crippen LogP contribution in [0.5, 0.6) is 0 Å². The fourth-order valence-corrected chi connectivity index (χ4v) is 3.52. The van der Waals surface area contributed by atoms with Gasteiger partial charge in [-0.15, -0.1) is 0 Å². The molecule has 1 aromatic heterocycles. The summed E-state index contributed by atoms with van der Waals surface area (Å²) in [6.07, 6.45) is 0.225. The third kappa shape index (κ3) is 2.46. The van der Waals surface area contributed by atoms with E-state index in [9.17, 15) is 9.59 Å². The van der Waals surface area contributed by atoms with Crippen LogP contribution < -0.4 is 4.87 Å². The van der Waals surface area contributed by atoms with E-state index in [2.05, 4.69) is 15.9 Å². The summed E-state index contributed by atoms with van der Waals surface area (Å²) >= 11 is 4.46. The van der Waals surface area contributed by atoms with Gasteiger partial charge in [-0.1, -0.05) is 57.6 Å². The Labute approximate surface area is 127 Å². The number of fused-ring (bicyclic) bond motifs is 1. The summed E-state index contributed by atoms with van der Waals surface area (Å²) in [5, 5.41) is 0. The van der Waals surface area contributed by atoms with Crippen molar-refractivity contribution in [2.75, 3.05) is 0 Å². The van der Waals surface area contributed by atoms with E-state index in [4.69, 9.17) is 0 Å². The molecule has 1 heterocycles. The maximum absolute atomic E-state index is 12.4. The minimum atomic E-state index is -0.237. The molecular weight excluding hydrogens is 338 g/mol. The summed E-state index contributed by atoms with van der Waals surface area (Å²) in [5.74, 6) is -0.199. The van der Waals surface area contributed by atoms with Gasteiger partial charge in [0.2, 0.25) is 5.91 Å². The number of aromatic nitrogens is 1. The fourth-order valence-electron chi connectivity index (χ4n) is 2.08. The molecule has 100 valence electrons. The lowest BCUT2D eigenvalue weighted by Crippen LogP contribution is -2.23. The predicted octanol–water partition coefficient (Wildman–Crippen LogP) is 3.71. The van der Waals surface area contributed by atoms with Gasteiger partial charge in [-0.2, -0.15) is 0 Å². The Kier molecular flexibility index (Phi) is 3.54. The summed E-state index contributed by atoms with van der Waals surface area (Å²) < 4.78 is 2.97. The molecule has 3 rings (SSSR count). The summed E-state index contributed by atoms with van der Waals surface area (Å²) in [5.41, 5.74) is 1.57. The van der Waals surface area contributed by atoms with Crippen molar-refractivity contribution in [1.29, 1.82) is 0 Å². The lowest BCUT2D eigenvalue weighted by atomic mass is 10.1. The van der Waals surface area contributed by atoms with Gasteiger partial charge in [0.15, 0.2) is 0 Å². The molecule has 0 unspecified atom stereocenters. The average molecular weight is 348 g/mol. The zero-order valence-electron chi connectivity index (χ0n) is 10.4. The van der Waals surface area contributed by atoms with E-state index >= 15 is 0 Å². The first-order chi connectivity index (χ1) is 9.65. The standard InChI is InChI=1S/C15H10BrNO2S/c16-11-6-7-12-13(9-11)20-15(19)17(12)14(18)8-10-4-2-1-3-5-10/h1-7,9H,8H2. The molecule has 0 aliphatic heterocycles. The molecule has 0 radical (unpaired) electrons. The van der Waals surface area contributed by atoms with Crippen molar-refractivity contribution in [3.63, 3.8) is 0 Å². The maximum Gasteiger partial charge on any atom is 0.314 e. The number of hydrogen-bond acceptors (Lipinski definition) is 3. The van der Waals surface area contributed by atoms with E-state index in [1.54, 1.807) is 6.07 Å². The van der Waals surface area contributed by atoms with Gasteiger partial charge in [-0.3, -0.25) is 9.59 Å². The number of halogens is 1. The minimum absolute atomic E-state index is 0.199. The highest BCUT2D eigenvalue weighted by molar-refractivity contribution is 9.10. The Hall–Kier alpha value is -1.72. The van der Waals surface area contributed by atoms with Crippen LogP contribution in [0.3, 0.4) is 0 Å². The van der Waals surface area contributed by atoms with Gasteiger partial charge in [0.1, 0.15) is 0 Å². The monoisotopic (exact) mass is 347 g/mol. The van der Waals surface area contributed by atoms with Crippen LogP contribution in [-0.4, -0.2) is 10.5 Å². The van der Waals surface area contributed by atoms with E-state index in [1.807, 2.05) is 42.5 Å². The zero-order valence-corrected chi connectivity index (χ0v) is 12.8. The quantitative estimate of drug-likeness (QED) is 0.708. The van der Waals surface area contributed by atoms with E-state index in [1.165, 1.54) is 4.57 Å². The average Bonchev–Trinajstić information content (AvgIpc) is 2.74. The number of thiazole rings is 1. The first-order valence-electron chi connectivity index (χ1n) is 6.03. The smallest absolute Gasteiger partial charge is 0.274 e. The molecule has 20 heavy (non-hydrogen) atoms. The number of nitrogens with zero attached hydrogens (tertiary/aromatic N) is 1. The molecule has 0 atom stereocenters. The Morgan fingerprint density at radius 1 is 1.15 bits per heavy atom. The first-order valence-corrected chi connectivity index (χ1v) is 7.64. The highest BCUT2D eigenvalue weighted by Crippen LogP contribution is 2.22. The van der Waals surface area contributed by atoms with E-state index < -0.39 is 0 Å². The van der Waals surface area contributed by atoms with Crippen molar-refractivity contribution in [1.82, 2.24) is 4.57 Å². The van der Waals surface area contributed by atoms with E-state index in [0.29, 0.717) is 5.52 Å². The fraction of sp³-hybridized carbons (Fsp3) is 0.0667. The first kappa shape index (κ1) is 13.3. The molecule has 0 fully saturated rings. The largest absolute Gasteiger partial charge is 0.314 e. The van der Waals surface area contributed by atoms with Crippen molar-refractivity contribution in [3.8, 4) is 0 Å². The number of benzene rings is 2. The normalized spacial score (nSPS) is 10.8. The van der Waals surface area contributed by atoms with Gasteiger partial charge in [0.05, 0.1) is 16.6 Å². The topological polar surface area (TPSA) is 39.1 Å². The Morgan fingerprint density at radius 2 is 1.90 bits per heavy atom. The van der Waals surface area contributed by atoms with Crippen LogP contribution in [0.15, 0.2) is 57.8 Å². The van der Waals surface area contributed by atoms with Gasteiger partial charge in [0, 0.05) is 4.47 Å². The Balaban J connectivity index is 2.04. The molecule has 0 amide bonds. The molecule has 0 spiro atoms. The molecule has 5 heteroatoms. The van der Waals surface area contributed by atoms with Gasteiger partial charge < -0.3 is 0 Å². The van der Waals surface area contributed by atoms with Gasteiger partial charge in [0.25, 0.3) is 0 Å². The van der Waals surface area contributed by atoms with Crippen molar-refractivity contribution in [3.05, 3.63) is 68.2 Å². The predicted molar refractivity (Wildman–Crippen MR) is 84.6 cm³/mol. The number of carbonyl (C=O) groups excluding carboxylic acids is 1. The van der Waals surface area contributed by atoms with Gasteiger partial charge in [-0.25, -0.2) is 4.57 Å². The van der Waals surface area contributed by atoms with Crippen LogP contribution in [0.25, 0.3) is 10.2 Å². The number of rotatable bonds is 2. The van der Waals surface area contributed by atoms with E-state index in [-0.39, 0.29) is 17.2 Å². The Bertz CT molecular complexity index is 836. The molecule has 3 aromatic rings. The highest BCUT2D eigenvalue weighted by atomic mass is 79.9. The SMILES string of the molecule is O=C(Cc1ccccc1)n1c(=O)sc2cc(Br)ccc21. The van der Waals surface area contributed by atoms with Crippen LogP contribution in [0, 0.1) is 0 Å². The van der Waals surface area contributed by atoms with Crippen molar-refractivity contribution >= 4 is 43.4 Å². The minimum Gasteiger partial charge on any atom is -0.274 e. The lowest BCUT2D eigenvalue weighted by Gasteiger charge is -2.03. The summed E-state index contributed by atoms with van der Waals surface area (Å²) in [6.45, 7) is 0. The van der Waals surface area contributed by atoms with Crippen molar-refractivity contribution in [2.45, 2.75) is 6.42 Å². The van der Waals surface area contributed by atoms with Gasteiger partial charge >= 0.3 is 4.87 Å². The Morgan fingerprint density at radius 3 is 2.65 bits per heavy atom. The van der Waals surface area contributed by atoms with Crippen LogP contribution >= 0.6 is 27.3 Å². The molecular formula is C15H10BrNO2S. The summed E-state index contributed by atoms with van der Waals surface area (Å²) in [4.78, 5) is 24.1. The lowest BCUT2D eigenvalue weighted by molar-refractivity contribution is 0.0917. The molecule has 0 saturated heterocycles. The molecule has 0 aliphatic carbocycles. The number of hydrogen-bond donors (Lipinski definition) is 0. The third-order valence-corrected chi connectivity index (χ3v) is 4.39. The van der Waals surface area contributed by atoms with Gasteiger partial charge in [-0.05, 0) is 23.8 Å². The van der Waals surface area contributed by atoms with Crippen molar-refractivity contribution in [2.24, 2.45) is 0 Å². The van der Waals surface area contributed by atoms with Crippen LogP contribution in [0.2, 0.25) is 0 Å². The van der Waals surface area contributed by atoms with Crippen LogP contribution in [0.4, 0.5) is 0 Å². The zero-order chi connectivity index (χ0) is 14.1.